The number of aromatic nitrogens is 2. The third-order valence-electron chi connectivity index (χ3n) is 3.70. The second-order valence-corrected chi connectivity index (χ2v) is 5.47. The summed E-state index contributed by atoms with van der Waals surface area (Å²) >= 11 is 0. The van der Waals surface area contributed by atoms with E-state index in [0.29, 0.717) is 17.3 Å². The number of benzene rings is 2. The Labute approximate surface area is 134 Å². The molecule has 0 radical (unpaired) electrons. The first-order chi connectivity index (χ1) is 11.0. The van der Waals surface area contributed by atoms with Crippen LogP contribution in [0.15, 0.2) is 47.0 Å². The summed E-state index contributed by atoms with van der Waals surface area (Å²) < 4.78 is 4.96. The third kappa shape index (κ3) is 3.29. The van der Waals surface area contributed by atoms with Crippen molar-refractivity contribution in [2.75, 3.05) is 5.32 Å². The minimum Gasteiger partial charge on any atom is -0.339 e. The zero-order valence-electron chi connectivity index (χ0n) is 13.3. The van der Waals surface area contributed by atoms with Gasteiger partial charge in [0.05, 0.1) is 0 Å². The molecule has 1 aromatic heterocycles. The highest BCUT2D eigenvalue weighted by Crippen LogP contribution is 2.18. The van der Waals surface area contributed by atoms with E-state index in [4.69, 9.17) is 4.52 Å². The predicted octanol–water partition coefficient (Wildman–Crippen LogP) is 3.91. The quantitative estimate of drug-likeness (QED) is 0.796. The Morgan fingerprint density at radius 3 is 2.35 bits per heavy atom. The summed E-state index contributed by atoms with van der Waals surface area (Å²) in [4.78, 5) is 16.5. The summed E-state index contributed by atoms with van der Waals surface area (Å²) in [7, 11) is 0. The van der Waals surface area contributed by atoms with Crippen LogP contribution in [0.25, 0.3) is 11.4 Å². The van der Waals surface area contributed by atoms with Crippen molar-refractivity contribution in [3.05, 3.63) is 65.0 Å². The van der Waals surface area contributed by atoms with E-state index in [1.165, 1.54) is 5.56 Å². The van der Waals surface area contributed by atoms with Gasteiger partial charge in [-0.3, -0.25) is 4.79 Å². The van der Waals surface area contributed by atoms with Crippen molar-refractivity contribution in [3.8, 4) is 11.4 Å². The van der Waals surface area contributed by atoms with Crippen LogP contribution in [0.5, 0.6) is 0 Å². The standard InChI is InChI=1S/C18H17N3O2/c1-11-4-9-16(10-12(11)2)20-18(22)15-7-5-14(6-8-15)17-19-13(3)23-21-17/h4-10H,1-3H3,(H,20,22). The van der Waals surface area contributed by atoms with Crippen LogP contribution in [-0.4, -0.2) is 16.0 Å². The first-order valence-electron chi connectivity index (χ1n) is 7.32. The lowest BCUT2D eigenvalue weighted by atomic mass is 10.1. The molecule has 116 valence electrons. The normalized spacial score (nSPS) is 10.6. The molecule has 0 aliphatic carbocycles. The molecule has 3 aromatic rings. The van der Waals surface area contributed by atoms with Crippen molar-refractivity contribution in [1.82, 2.24) is 10.1 Å². The van der Waals surface area contributed by atoms with Crippen LogP contribution in [0.4, 0.5) is 5.69 Å². The van der Waals surface area contributed by atoms with E-state index in [9.17, 15) is 4.79 Å². The Morgan fingerprint density at radius 2 is 1.74 bits per heavy atom. The number of carbonyl (C=O) groups is 1. The van der Waals surface area contributed by atoms with Crippen molar-refractivity contribution < 1.29 is 9.32 Å². The average Bonchev–Trinajstić information content (AvgIpc) is 2.97. The maximum atomic E-state index is 12.3. The van der Waals surface area contributed by atoms with E-state index < -0.39 is 0 Å². The molecule has 3 rings (SSSR count). The summed E-state index contributed by atoms with van der Waals surface area (Å²) in [6, 6.07) is 13.0. The van der Waals surface area contributed by atoms with Gasteiger partial charge in [0.1, 0.15) is 0 Å². The van der Waals surface area contributed by atoms with Crippen molar-refractivity contribution in [2.24, 2.45) is 0 Å². The minimum atomic E-state index is -0.149. The van der Waals surface area contributed by atoms with Gasteiger partial charge >= 0.3 is 0 Å². The molecule has 0 fully saturated rings. The second kappa shape index (κ2) is 6.04. The van der Waals surface area contributed by atoms with E-state index >= 15 is 0 Å². The SMILES string of the molecule is Cc1nc(-c2ccc(C(=O)Nc3ccc(C)c(C)c3)cc2)no1. The molecule has 0 spiro atoms. The molecule has 0 saturated heterocycles. The van der Waals surface area contributed by atoms with Crippen LogP contribution in [0.3, 0.4) is 0 Å². The van der Waals surface area contributed by atoms with E-state index in [1.807, 2.05) is 32.0 Å². The third-order valence-corrected chi connectivity index (χ3v) is 3.70. The van der Waals surface area contributed by atoms with Crippen LogP contribution < -0.4 is 5.32 Å². The predicted molar refractivity (Wildman–Crippen MR) is 88.3 cm³/mol. The average molecular weight is 307 g/mol. The molecule has 1 N–H and O–H groups in total. The number of aryl methyl sites for hydroxylation is 3. The van der Waals surface area contributed by atoms with Crippen molar-refractivity contribution in [2.45, 2.75) is 20.8 Å². The summed E-state index contributed by atoms with van der Waals surface area (Å²) in [5, 5.41) is 6.76. The van der Waals surface area contributed by atoms with Crippen molar-refractivity contribution >= 4 is 11.6 Å². The summed E-state index contributed by atoms with van der Waals surface area (Å²) in [6.07, 6.45) is 0. The topological polar surface area (TPSA) is 68.0 Å². The molecule has 2 aromatic carbocycles. The second-order valence-electron chi connectivity index (χ2n) is 5.47. The number of anilines is 1. The largest absolute Gasteiger partial charge is 0.339 e. The van der Waals surface area contributed by atoms with E-state index in [0.717, 1.165) is 16.8 Å². The lowest BCUT2D eigenvalue weighted by Gasteiger charge is -2.08. The number of carbonyl (C=O) groups excluding carboxylic acids is 1. The lowest BCUT2D eigenvalue weighted by molar-refractivity contribution is 0.102. The Balaban J connectivity index is 1.76. The number of nitrogens with one attached hydrogen (secondary N) is 1. The van der Waals surface area contributed by atoms with Gasteiger partial charge in [0.2, 0.25) is 11.7 Å². The zero-order valence-corrected chi connectivity index (χ0v) is 13.3. The number of nitrogens with zero attached hydrogens (tertiary/aromatic N) is 2. The molecule has 0 aliphatic rings. The highest BCUT2D eigenvalue weighted by Gasteiger charge is 2.09. The van der Waals surface area contributed by atoms with Gasteiger partial charge in [-0.2, -0.15) is 4.98 Å². The Bertz CT molecular complexity index is 851. The van der Waals surface area contributed by atoms with Gasteiger partial charge in [-0.25, -0.2) is 0 Å². The lowest BCUT2D eigenvalue weighted by Crippen LogP contribution is -2.11. The summed E-state index contributed by atoms with van der Waals surface area (Å²) in [5.74, 6) is 0.879. The van der Waals surface area contributed by atoms with Crippen molar-refractivity contribution in [3.63, 3.8) is 0 Å². The van der Waals surface area contributed by atoms with Crippen LogP contribution in [0.1, 0.15) is 27.4 Å². The maximum absolute atomic E-state index is 12.3. The van der Waals surface area contributed by atoms with Gasteiger partial charge in [0.25, 0.3) is 5.91 Å². The smallest absolute Gasteiger partial charge is 0.255 e. The molecule has 1 amide bonds. The Kier molecular flexibility index (Phi) is 3.93. The molecule has 0 saturated carbocycles. The first-order valence-corrected chi connectivity index (χ1v) is 7.32. The van der Waals surface area contributed by atoms with Crippen LogP contribution in [0, 0.1) is 20.8 Å². The zero-order chi connectivity index (χ0) is 16.4. The van der Waals surface area contributed by atoms with Crippen LogP contribution in [0.2, 0.25) is 0 Å². The molecular weight excluding hydrogens is 290 g/mol. The molecule has 1 heterocycles. The number of rotatable bonds is 3. The van der Waals surface area contributed by atoms with E-state index in [1.54, 1.807) is 31.2 Å². The Hall–Kier alpha value is -2.95. The molecule has 5 heteroatoms. The monoisotopic (exact) mass is 307 g/mol. The fourth-order valence-electron chi connectivity index (χ4n) is 2.21. The van der Waals surface area contributed by atoms with Gasteiger partial charge < -0.3 is 9.84 Å². The van der Waals surface area contributed by atoms with Crippen LogP contribution in [-0.2, 0) is 0 Å². The highest BCUT2D eigenvalue weighted by atomic mass is 16.5. The molecule has 23 heavy (non-hydrogen) atoms. The molecule has 5 nitrogen and oxygen atoms in total. The maximum Gasteiger partial charge on any atom is 0.255 e. The summed E-state index contributed by atoms with van der Waals surface area (Å²) in [6.45, 7) is 5.80. The Morgan fingerprint density at radius 1 is 1.00 bits per heavy atom. The number of hydrogen-bond acceptors (Lipinski definition) is 4. The molecular formula is C18H17N3O2. The van der Waals surface area contributed by atoms with Gasteiger partial charge in [0, 0.05) is 23.7 Å². The number of amides is 1. The number of hydrogen-bond donors (Lipinski definition) is 1. The molecule has 0 atom stereocenters. The van der Waals surface area contributed by atoms with E-state index in [2.05, 4.69) is 15.5 Å². The molecule has 0 bridgehead atoms. The fraction of sp³-hybridized carbons (Fsp3) is 0.167. The van der Waals surface area contributed by atoms with Gasteiger partial charge in [0.15, 0.2) is 0 Å². The van der Waals surface area contributed by atoms with Gasteiger partial charge in [-0.15, -0.1) is 0 Å². The molecule has 0 unspecified atom stereocenters. The minimum absolute atomic E-state index is 0.149. The summed E-state index contributed by atoms with van der Waals surface area (Å²) in [5.41, 5.74) is 4.51. The van der Waals surface area contributed by atoms with Crippen molar-refractivity contribution in [1.29, 1.82) is 0 Å². The van der Waals surface area contributed by atoms with Gasteiger partial charge in [-0.05, 0) is 49.2 Å². The fourth-order valence-corrected chi connectivity index (χ4v) is 2.21. The van der Waals surface area contributed by atoms with Gasteiger partial charge in [-0.1, -0.05) is 23.4 Å². The first kappa shape index (κ1) is 15.0. The van der Waals surface area contributed by atoms with E-state index in [-0.39, 0.29) is 5.91 Å². The van der Waals surface area contributed by atoms with Crippen LogP contribution >= 0.6 is 0 Å². The molecule has 0 aliphatic heterocycles. The highest BCUT2D eigenvalue weighted by molar-refractivity contribution is 6.04.